The van der Waals surface area contributed by atoms with Gasteiger partial charge >= 0.3 is 0 Å². The molecule has 13 aromatic carbocycles. The molecule has 2 spiro atoms. The number of furan rings is 2. The van der Waals surface area contributed by atoms with E-state index in [1.54, 1.807) is 0 Å². The van der Waals surface area contributed by atoms with Crippen LogP contribution in [0.15, 0.2) is 276 Å². The highest BCUT2D eigenvalue weighted by atomic mass is 16.3. The Morgan fingerprint density at radius 1 is 0.289 bits per heavy atom. The number of anilines is 3. The third-order valence-corrected chi connectivity index (χ3v) is 21.6. The number of fused-ring (bicyclic) bond motifs is 31. The first-order chi connectivity index (χ1) is 44.0. The second-order valence-electron chi connectivity index (χ2n) is 27.3. The molecular weight excluding hydrogens is 1090 g/mol. The molecule has 0 unspecified atom stereocenters. The average molecular weight is 1150 g/mol. The van der Waals surface area contributed by atoms with Gasteiger partial charge in [0.05, 0.1) is 10.8 Å². The first kappa shape index (κ1) is 50.3. The van der Waals surface area contributed by atoms with E-state index in [9.17, 15) is 0 Å². The summed E-state index contributed by atoms with van der Waals surface area (Å²) in [6, 6.07) is 101. The number of hydrogen-bond acceptors (Lipinski definition) is 3. The zero-order valence-electron chi connectivity index (χ0n) is 50.7. The summed E-state index contributed by atoms with van der Waals surface area (Å²) >= 11 is 0. The molecule has 3 nitrogen and oxygen atoms in total. The normalized spacial score (nSPS) is 15.0. The van der Waals surface area contributed by atoms with E-state index in [0.29, 0.717) is 0 Å². The Kier molecular flexibility index (Phi) is 9.67. The molecule has 2 heterocycles. The van der Waals surface area contributed by atoms with Crippen molar-refractivity contribution in [2.45, 2.75) is 56.3 Å². The van der Waals surface area contributed by atoms with Crippen LogP contribution in [0.5, 0.6) is 0 Å². The summed E-state index contributed by atoms with van der Waals surface area (Å²) in [4.78, 5) is 2.51. The zero-order chi connectivity index (χ0) is 59.7. The molecule has 3 heteroatoms. The van der Waals surface area contributed by atoms with Gasteiger partial charge in [-0.1, -0.05) is 229 Å². The van der Waals surface area contributed by atoms with Gasteiger partial charge in [0.1, 0.15) is 22.3 Å². The van der Waals surface area contributed by atoms with Gasteiger partial charge in [-0.05, 0) is 201 Å². The van der Waals surface area contributed by atoms with Crippen LogP contribution in [-0.2, 0) is 21.7 Å². The summed E-state index contributed by atoms with van der Waals surface area (Å²) in [5, 5.41) is 4.65. The molecule has 5 aliphatic rings. The molecule has 0 saturated heterocycles. The van der Waals surface area contributed by atoms with E-state index in [4.69, 9.17) is 8.83 Å². The van der Waals surface area contributed by atoms with E-state index in [-0.39, 0.29) is 10.8 Å². The molecule has 424 valence electrons. The number of rotatable bonds is 4. The van der Waals surface area contributed by atoms with Crippen LogP contribution in [0.25, 0.3) is 111 Å². The summed E-state index contributed by atoms with van der Waals surface area (Å²) in [5.74, 6) is 0. The van der Waals surface area contributed by atoms with Crippen LogP contribution in [0.4, 0.5) is 17.1 Å². The number of hydrogen-bond donors (Lipinski definition) is 0. The molecule has 0 N–H and O–H groups in total. The van der Waals surface area contributed by atoms with E-state index in [1.807, 2.05) is 0 Å². The SMILES string of the molecule is CC(C)(C)c1ccccc1-c1cc2c(c3c1oc1ccccc13)-c1ccc(N(c3ccccc3)c3ccc4c(c3)C3(c5ccccc5-c5ccccc53)c3cc5c(cc3-4)C3(c4ccccc4-c4ccccc43)c3ccc4oc6ccccc6c4c3-5)cc1C2(C)C. The topological polar surface area (TPSA) is 29.5 Å². The largest absolute Gasteiger partial charge is 0.456 e. The molecule has 0 amide bonds. The quantitative estimate of drug-likeness (QED) is 0.176. The highest BCUT2D eigenvalue weighted by Crippen LogP contribution is 2.70. The van der Waals surface area contributed by atoms with Crippen LogP contribution in [0, 0.1) is 0 Å². The Morgan fingerprint density at radius 3 is 1.38 bits per heavy atom. The van der Waals surface area contributed by atoms with Crippen molar-refractivity contribution >= 4 is 60.9 Å². The van der Waals surface area contributed by atoms with Crippen LogP contribution in [0.2, 0.25) is 0 Å². The van der Waals surface area contributed by atoms with Gasteiger partial charge in [0.2, 0.25) is 0 Å². The van der Waals surface area contributed by atoms with Gasteiger partial charge in [-0.25, -0.2) is 0 Å². The van der Waals surface area contributed by atoms with E-state index >= 15 is 0 Å². The molecule has 0 bridgehead atoms. The number of benzene rings is 13. The van der Waals surface area contributed by atoms with Gasteiger partial charge in [-0.15, -0.1) is 0 Å². The highest BCUT2D eigenvalue weighted by molar-refractivity contribution is 6.20. The predicted molar refractivity (Wildman–Crippen MR) is 370 cm³/mol. The first-order valence-corrected chi connectivity index (χ1v) is 31.8. The summed E-state index contributed by atoms with van der Waals surface area (Å²) in [7, 11) is 0. The van der Waals surface area contributed by atoms with Crippen LogP contribution < -0.4 is 4.90 Å². The van der Waals surface area contributed by atoms with Crippen LogP contribution >= 0.6 is 0 Å². The fourth-order valence-corrected chi connectivity index (χ4v) is 18.0. The van der Waals surface area contributed by atoms with Crippen LogP contribution in [0.1, 0.15) is 95.8 Å². The van der Waals surface area contributed by atoms with Gasteiger partial charge in [-0.3, -0.25) is 0 Å². The van der Waals surface area contributed by atoms with Gasteiger partial charge < -0.3 is 13.7 Å². The minimum Gasteiger partial charge on any atom is -0.456 e. The van der Waals surface area contributed by atoms with E-state index in [2.05, 4.69) is 306 Å². The molecule has 5 aliphatic carbocycles. The van der Waals surface area contributed by atoms with Gasteiger partial charge in [-0.2, -0.15) is 0 Å². The Bertz CT molecular complexity index is 5610. The van der Waals surface area contributed by atoms with E-state index < -0.39 is 10.8 Å². The summed E-state index contributed by atoms with van der Waals surface area (Å²) < 4.78 is 13.9. The Morgan fingerprint density at radius 2 is 0.744 bits per heavy atom. The summed E-state index contributed by atoms with van der Waals surface area (Å²) in [6.45, 7) is 11.8. The second-order valence-corrected chi connectivity index (χ2v) is 27.3. The maximum Gasteiger partial charge on any atom is 0.143 e. The second kappa shape index (κ2) is 17.3. The van der Waals surface area contributed by atoms with Crippen molar-refractivity contribution in [1.29, 1.82) is 0 Å². The predicted octanol–water partition coefficient (Wildman–Crippen LogP) is 22.9. The number of para-hydroxylation sites is 3. The maximum atomic E-state index is 7.04. The molecule has 0 aliphatic heterocycles. The molecule has 0 radical (unpaired) electrons. The Balaban J connectivity index is 0.840. The zero-order valence-corrected chi connectivity index (χ0v) is 50.7. The van der Waals surface area contributed by atoms with Crippen molar-refractivity contribution < 1.29 is 8.83 Å². The van der Waals surface area contributed by atoms with Crippen molar-refractivity contribution in [2.24, 2.45) is 0 Å². The van der Waals surface area contributed by atoms with Crippen molar-refractivity contribution in [1.82, 2.24) is 0 Å². The first-order valence-electron chi connectivity index (χ1n) is 31.8. The maximum absolute atomic E-state index is 7.04. The van der Waals surface area contributed by atoms with E-state index in [0.717, 1.165) is 55.7 Å². The van der Waals surface area contributed by atoms with Crippen LogP contribution in [0.3, 0.4) is 0 Å². The minimum atomic E-state index is -0.664. The highest BCUT2D eigenvalue weighted by Gasteiger charge is 2.57. The third-order valence-electron chi connectivity index (χ3n) is 21.6. The van der Waals surface area contributed by atoms with Crippen molar-refractivity contribution in [3.8, 4) is 66.8 Å². The molecule has 2 aromatic heterocycles. The van der Waals surface area contributed by atoms with Gasteiger partial charge in [0.15, 0.2) is 0 Å². The molecular formula is C87H59NO2. The van der Waals surface area contributed by atoms with Crippen molar-refractivity contribution in [3.63, 3.8) is 0 Å². The van der Waals surface area contributed by atoms with E-state index in [1.165, 1.54) is 133 Å². The lowest BCUT2D eigenvalue weighted by atomic mass is 9.68. The summed E-state index contributed by atoms with van der Waals surface area (Å²) in [5.41, 5.74) is 34.8. The lowest BCUT2D eigenvalue weighted by Crippen LogP contribution is -2.27. The lowest BCUT2D eigenvalue weighted by molar-refractivity contribution is 0.591. The van der Waals surface area contributed by atoms with Gasteiger partial charge in [0, 0.05) is 49.6 Å². The standard InChI is InChI=1S/C87H59NO2/c1-84(2,3)65-32-16-9-29-57(65)63-48-75-79(82-61-31-15-22-38-77(61)90-83(63)82)59-42-40-51(45-71(59)85(75,4)5)88(50-23-7-6-8-24-50)52-39-41-58-62-47-74-64(49-73(62)87(72(58)46-52)68-35-19-12-27-55(68)56-28-13-20-36-69(56)87)80-70(43-44-78-81(80)60-30-14-21-37-76(60)89-78)86(74)66-33-17-10-25-53(66)54-26-11-18-34-67(54)86/h6-49H,1-5H3. The van der Waals surface area contributed by atoms with Gasteiger partial charge in [0.25, 0.3) is 0 Å². The van der Waals surface area contributed by atoms with Crippen LogP contribution in [-0.4, -0.2) is 0 Å². The third kappa shape index (κ3) is 6.11. The molecule has 20 rings (SSSR count). The average Bonchev–Trinajstić information content (AvgIpc) is 1.49. The fraction of sp³-hybridized carbons (Fsp3) is 0.103. The molecule has 90 heavy (non-hydrogen) atoms. The Hall–Kier alpha value is -10.7. The molecule has 15 aromatic rings. The lowest BCUT2D eigenvalue weighted by Gasteiger charge is -2.33. The fourth-order valence-electron chi connectivity index (χ4n) is 18.0. The van der Waals surface area contributed by atoms with Crippen molar-refractivity contribution in [3.05, 3.63) is 328 Å². The molecule has 0 atom stereocenters. The summed E-state index contributed by atoms with van der Waals surface area (Å²) in [6.07, 6.45) is 0. The number of nitrogens with zero attached hydrogens (tertiary/aromatic N) is 1. The smallest absolute Gasteiger partial charge is 0.143 e. The minimum absolute atomic E-state index is 0.0828. The monoisotopic (exact) mass is 1150 g/mol. The molecule has 0 saturated carbocycles. The van der Waals surface area contributed by atoms with Crippen molar-refractivity contribution in [2.75, 3.05) is 4.90 Å². The Labute approximate surface area is 522 Å². The molecule has 0 fully saturated rings.